The van der Waals surface area contributed by atoms with Crippen LogP contribution in [0.3, 0.4) is 0 Å². The lowest BCUT2D eigenvalue weighted by molar-refractivity contribution is 0.556. The summed E-state index contributed by atoms with van der Waals surface area (Å²) in [4.78, 5) is 0. The number of hydrogen-bond acceptors (Lipinski definition) is 5. The molecule has 1 N–H and O–H groups in total. The topological polar surface area (TPSA) is 101 Å². The maximum absolute atomic E-state index is 12.2. The van der Waals surface area contributed by atoms with Crippen LogP contribution in [-0.2, 0) is 27.1 Å². The molecule has 8 nitrogen and oxygen atoms in total. The van der Waals surface area contributed by atoms with E-state index in [1.165, 1.54) is 22.2 Å². The Balaban J connectivity index is 2.45. The van der Waals surface area contributed by atoms with E-state index in [0.717, 1.165) is 0 Å². The van der Waals surface area contributed by atoms with Crippen LogP contribution >= 0.6 is 0 Å². The van der Waals surface area contributed by atoms with Gasteiger partial charge in [-0.2, -0.15) is 5.10 Å². The van der Waals surface area contributed by atoms with E-state index in [1.807, 2.05) is 13.8 Å². The summed E-state index contributed by atoms with van der Waals surface area (Å²) in [5, 5.41) is 3.94. The molecular weight excluding hydrogens is 340 g/mol. The summed E-state index contributed by atoms with van der Waals surface area (Å²) in [7, 11) is -3.64. The largest absolute Gasteiger partial charge is 0.274 e. The first-order chi connectivity index (χ1) is 10.5. The van der Waals surface area contributed by atoms with Crippen LogP contribution in [0, 0.1) is 5.92 Å². The van der Waals surface area contributed by atoms with Crippen molar-refractivity contribution in [3.8, 4) is 0 Å². The van der Waals surface area contributed by atoms with Gasteiger partial charge in [-0.05, 0) is 18.8 Å². The van der Waals surface area contributed by atoms with Gasteiger partial charge < -0.3 is 0 Å². The van der Waals surface area contributed by atoms with E-state index >= 15 is 0 Å². The Hall–Kier alpha value is -1.13. The molecule has 0 aliphatic carbocycles. The second-order valence-electron chi connectivity index (χ2n) is 5.92. The SMILES string of the molecule is CC(C)CNS(=O)(=O)CCCCS(=O)(=O)N(C)c1cnn(C)c1. The van der Waals surface area contributed by atoms with Crippen molar-refractivity contribution in [2.75, 3.05) is 29.4 Å². The van der Waals surface area contributed by atoms with Gasteiger partial charge in [0.1, 0.15) is 0 Å². The lowest BCUT2D eigenvalue weighted by atomic mass is 10.2. The average molecular weight is 367 g/mol. The van der Waals surface area contributed by atoms with Crippen molar-refractivity contribution in [2.24, 2.45) is 13.0 Å². The Morgan fingerprint density at radius 2 is 1.83 bits per heavy atom. The average Bonchev–Trinajstić information content (AvgIpc) is 2.87. The number of aromatic nitrogens is 2. The minimum absolute atomic E-state index is 0.0636. The van der Waals surface area contributed by atoms with Gasteiger partial charge >= 0.3 is 0 Å². The predicted molar refractivity (Wildman–Crippen MR) is 91.3 cm³/mol. The van der Waals surface area contributed by atoms with E-state index in [2.05, 4.69) is 9.82 Å². The number of anilines is 1. The fourth-order valence-corrected chi connectivity index (χ4v) is 4.38. The van der Waals surface area contributed by atoms with Crippen LogP contribution in [0.2, 0.25) is 0 Å². The molecule has 0 spiro atoms. The third kappa shape index (κ3) is 6.88. The van der Waals surface area contributed by atoms with Crippen molar-refractivity contribution in [3.63, 3.8) is 0 Å². The van der Waals surface area contributed by atoms with Gasteiger partial charge in [-0.15, -0.1) is 0 Å². The van der Waals surface area contributed by atoms with Crippen molar-refractivity contribution < 1.29 is 16.8 Å². The number of unbranched alkanes of at least 4 members (excludes halogenated alkanes) is 1. The molecule has 134 valence electrons. The molecule has 0 unspecified atom stereocenters. The summed E-state index contributed by atoms with van der Waals surface area (Å²) < 4.78 is 53.1. The number of aryl methyl sites for hydroxylation is 1. The molecule has 0 aliphatic heterocycles. The molecule has 0 saturated heterocycles. The molecule has 1 aromatic rings. The van der Waals surface area contributed by atoms with Gasteiger partial charge in [0, 0.05) is 26.8 Å². The fourth-order valence-electron chi connectivity index (χ4n) is 1.81. The molecule has 0 radical (unpaired) electrons. The molecule has 0 fully saturated rings. The summed E-state index contributed by atoms with van der Waals surface area (Å²) in [6.45, 7) is 4.23. The van der Waals surface area contributed by atoms with E-state index < -0.39 is 20.0 Å². The summed E-state index contributed by atoms with van der Waals surface area (Å²) in [5.41, 5.74) is 0.485. The highest BCUT2D eigenvalue weighted by Crippen LogP contribution is 2.15. The lowest BCUT2D eigenvalue weighted by Crippen LogP contribution is -2.31. The third-order valence-corrected chi connectivity index (χ3v) is 6.53. The van der Waals surface area contributed by atoms with Crippen LogP contribution in [0.4, 0.5) is 5.69 Å². The molecule has 0 atom stereocenters. The minimum Gasteiger partial charge on any atom is -0.274 e. The van der Waals surface area contributed by atoms with Crippen LogP contribution in [-0.4, -0.2) is 51.7 Å². The number of hydrogen-bond donors (Lipinski definition) is 1. The molecule has 1 rings (SSSR count). The number of rotatable bonds is 10. The minimum atomic E-state index is -3.48. The van der Waals surface area contributed by atoms with E-state index in [-0.39, 0.29) is 23.8 Å². The quantitative estimate of drug-likeness (QED) is 0.609. The molecule has 0 saturated carbocycles. The van der Waals surface area contributed by atoms with Crippen molar-refractivity contribution in [1.82, 2.24) is 14.5 Å². The van der Waals surface area contributed by atoms with Crippen LogP contribution in [0.15, 0.2) is 12.4 Å². The Bertz CT molecular complexity index is 695. The first-order valence-electron chi connectivity index (χ1n) is 7.46. The third-order valence-electron chi connectivity index (χ3n) is 3.25. The van der Waals surface area contributed by atoms with E-state index in [9.17, 15) is 16.8 Å². The van der Waals surface area contributed by atoms with E-state index in [0.29, 0.717) is 18.7 Å². The molecule has 1 heterocycles. The maximum Gasteiger partial charge on any atom is 0.234 e. The summed E-state index contributed by atoms with van der Waals surface area (Å²) in [6, 6.07) is 0. The highest BCUT2D eigenvalue weighted by atomic mass is 32.2. The van der Waals surface area contributed by atoms with Gasteiger partial charge in [-0.3, -0.25) is 8.99 Å². The Kier molecular flexibility index (Phi) is 7.02. The molecule has 0 amide bonds. The first kappa shape index (κ1) is 19.9. The normalized spacial score (nSPS) is 12.7. The lowest BCUT2D eigenvalue weighted by Gasteiger charge is -2.17. The number of nitrogens with one attached hydrogen (secondary N) is 1. The molecule has 10 heteroatoms. The molecule has 23 heavy (non-hydrogen) atoms. The standard InChI is InChI=1S/C13H26N4O4S2/c1-12(2)9-15-22(18,19)7-5-6-8-23(20,21)17(4)13-10-14-16(3)11-13/h10-12,15H,5-9H2,1-4H3. The van der Waals surface area contributed by atoms with Gasteiger partial charge in [0.15, 0.2) is 0 Å². The number of sulfonamides is 2. The molecule has 0 bridgehead atoms. The number of nitrogens with zero attached hydrogens (tertiary/aromatic N) is 3. The highest BCUT2D eigenvalue weighted by Gasteiger charge is 2.20. The molecule has 1 aromatic heterocycles. The van der Waals surface area contributed by atoms with E-state index in [1.54, 1.807) is 13.2 Å². The van der Waals surface area contributed by atoms with Gasteiger partial charge in [0.05, 0.1) is 23.4 Å². The Morgan fingerprint density at radius 1 is 1.22 bits per heavy atom. The molecular formula is C13H26N4O4S2. The van der Waals surface area contributed by atoms with Crippen LogP contribution in [0.25, 0.3) is 0 Å². The Morgan fingerprint density at radius 3 is 2.35 bits per heavy atom. The zero-order chi connectivity index (χ0) is 17.7. The summed E-state index contributed by atoms with van der Waals surface area (Å²) >= 11 is 0. The summed E-state index contributed by atoms with van der Waals surface area (Å²) in [6.07, 6.45) is 3.67. The fraction of sp³-hybridized carbons (Fsp3) is 0.769. The van der Waals surface area contributed by atoms with Gasteiger partial charge in [0.2, 0.25) is 20.0 Å². The predicted octanol–water partition coefficient (Wildman–Crippen LogP) is 0.542. The second kappa shape index (κ2) is 8.11. The highest BCUT2D eigenvalue weighted by molar-refractivity contribution is 7.92. The van der Waals surface area contributed by atoms with Crippen molar-refractivity contribution >= 4 is 25.7 Å². The zero-order valence-electron chi connectivity index (χ0n) is 14.1. The van der Waals surface area contributed by atoms with Crippen LogP contribution in [0.1, 0.15) is 26.7 Å². The zero-order valence-corrected chi connectivity index (χ0v) is 15.7. The van der Waals surface area contributed by atoms with Gasteiger partial charge in [-0.1, -0.05) is 13.8 Å². The maximum atomic E-state index is 12.2. The molecule has 0 aromatic carbocycles. The van der Waals surface area contributed by atoms with Crippen LogP contribution < -0.4 is 9.03 Å². The second-order valence-corrected chi connectivity index (χ2v) is 9.97. The monoisotopic (exact) mass is 366 g/mol. The van der Waals surface area contributed by atoms with E-state index in [4.69, 9.17) is 0 Å². The van der Waals surface area contributed by atoms with Gasteiger partial charge in [0.25, 0.3) is 0 Å². The first-order valence-corrected chi connectivity index (χ1v) is 10.7. The Labute approximate surface area is 139 Å². The van der Waals surface area contributed by atoms with Crippen molar-refractivity contribution in [3.05, 3.63) is 12.4 Å². The van der Waals surface area contributed by atoms with Gasteiger partial charge in [-0.25, -0.2) is 21.6 Å². The smallest absolute Gasteiger partial charge is 0.234 e. The van der Waals surface area contributed by atoms with Crippen molar-refractivity contribution in [1.29, 1.82) is 0 Å². The molecule has 0 aliphatic rings. The van der Waals surface area contributed by atoms with Crippen molar-refractivity contribution in [2.45, 2.75) is 26.7 Å². The van der Waals surface area contributed by atoms with Crippen LogP contribution in [0.5, 0.6) is 0 Å². The summed E-state index contributed by atoms with van der Waals surface area (Å²) in [5.74, 6) is 0.0718.